The zero-order chi connectivity index (χ0) is 8.10. The molecule has 0 amide bonds. The molecule has 0 aliphatic carbocycles. The van der Waals surface area contributed by atoms with Gasteiger partial charge in [0.15, 0.2) is 0 Å². The van der Waals surface area contributed by atoms with Gasteiger partial charge in [0.05, 0.1) is 0 Å². The van der Waals surface area contributed by atoms with E-state index in [0.717, 1.165) is 6.42 Å². The molecule has 1 unspecified atom stereocenters. The van der Waals surface area contributed by atoms with Gasteiger partial charge in [-0.15, -0.1) is 0 Å². The Hall–Kier alpha value is -0.820. The van der Waals surface area contributed by atoms with Crippen molar-refractivity contribution >= 4 is 0 Å². The maximum Gasteiger partial charge on any atom is 0.0459 e. The lowest BCUT2D eigenvalue weighted by Gasteiger charge is -2.06. The molecule has 1 nitrogen and oxygen atoms in total. The van der Waals surface area contributed by atoms with Crippen LogP contribution in [0.5, 0.6) is 0 Å². The summed E-state index contributed by atoms with van der Waals surface area (Å²) in [7, 11) is 0. The highest BCUT2D eigenvalue weighted by Crippen LogP contribution is 2.06. The molecule has 0 aliphatic rings. The van der Waals surface area contributed by atoms with Gasteiger partial charge in [0, 0.05) is 6.61 Å². The van der Waals surface area contributed by atoms with Crippen molar-refractivity contribution in [2.24, 2.45) is 5.92 Å². The molecule has 0 fully saturated rings. The molecule has 0 aromatic heterocycles. The molecule has 1 heteroatoms. The molecule has 11 heavy (non-hydrogen) atoms. The first-order valence-electron chi connectivity index (χ1n) is 3.88. The molecule has 0 saturated heterocycles. The number of hydrogen-bond donors (Lipinski definition) is 1. The molecular formula is C10H13O. The molecule has 0 heterocycles. The highest BCUT2D eigenvalue weighted by molar-refractivity contribution is 5.14. The molecule has 0 saturated carbocycles. The van der Waals surface area contributed by atoms with Crippen LogP contribution in [0.4, 0.5) is 0 Å². The summed E-state index contributed by atoms with van der Waals surface area (Å²) in [6.45, 7) is 2.30. The van der Waals surface area contributed by atoms with Crippen molar-refractivity contribution in [3.63, 3.8) is 0 Å². The van der Waals surface area contributed by atoms with Crippen LogP contribution in [0, 0.1) is 12.0 Å². The van der Waals surface area contributed by atoms with Crippen LogP contribution < -0.4 is 0 Å². The summed E-state index contributed by atoms with van der Waals surface area (Å²) in [5.41, 5.74) is 1.27. The van der Waals surface area contributed by atoms with E-state index in [1.54, 1.807) is 0 Å². The van der Waals surface area contributed by atoms with Gasteiger partial charge in [-0.25, -0.2) is 0 Å². The average molecular weight is 149 g/mol. The zero-order valence-electron chi connectivity index (χ0n) is 6.75. The first kappa shape index (κ1) is 8.28. The number of aliphatic hydroxyl groups is 1. The van der Waals surface area contributed by atoms with Crippen LogP contribution in [-0.2, 0) is 6.42 Å². The van der Waals surface area contributed by atoms with E-state index in [1.165, 1.54) is 5.56 Å². The van der Waals surface area contributed by atoms with Crippen molar-refractivity contribution in [3.8, 4) is 0 Å². The quantitative estimate of drug-likeness (QED) is 0.693. The summed E-state index contributed by atoms with van der Waals surface area (Å²) in [5, 5.41) is 8.79. The van der Waals surface area contributed by atoms with E-state index in [4.69, 9.17) is 5.11 Å². The Morgan fingerprint density at radius 1 is 1.45 bits per heavy atom. The monoisotopic (exact) mass is 149 g/mol. The number of hydrogen-bond acceptors (Lipinski definition) is 1. The minimum Gasteiger partial charge on any atom is -0.396 e. The molecule has 1 N–H and O–H groups in total. The normalized spacial score (nSPS) is 12.9. The van der Waals surface area contributed by atoms with E-state index in [-0.39, 0.29) is 6.61 Å². The Kier molecular flexibility index (Phi) is 3.12. The molecular weight excluding hydrogens is 136 g/mol. The van der Waals surface area contributed by atoms with E-state index in [1.807, 2.05) is 31.2 Å². The van der Waals surface area contributed by atoms with Gasteiger partial charge in [-0.05, 0) is 24.0 Å². The van der Waals surface area contributed by atoms with Crippen molar-refractivity contribution in [3.05, 3.63) is 35.9 Å². The van der Waals surface area contributed by atoms with Gasteiger partial charge in [0.1, 0.15) is 0 Å². The molecule has 1 aromatic rings. The minimum atomic E-state index is 0.263. The third-order valence-corrected chi connectivity index (χ3v) is 1.68. The second-order valence-electron chi connectivity index (χ2n) is 2.90. The topological polar surface area (TPSA) is 20.2 Å². The molecule has 0 spiro atoms. The van der Waals surface area contributed by atoms with Crippen LogP contribution in [0.25, 0.3) is 0 Å². The molecule has 1 aromatic carbocycles. The smallest absolute Gasteiger partial charge is 0.0459 e. The van der Waals surface area contributed by atoms with E-state index < -0.39 is 0 Å². The van der Waals surface area contributed by atoms with Gasteiger partial charge >= 0.3 is 0 Å². The fraction of sp³-hybridized carbons (Fsp3) is 0.400. The van der Waals surface area contributed by atoms with E-state index in [2.05, 4.69) is 6.07 Å². The minimum absolute atomic E-state index is 0.263. The van der Waals surface area contributed by atoms with Gasteiger partial charge in [-0.1, -0.05) is 31.2 Å². The Balaban J connectivity index is 2.51. The van der Waals surface area contributed by atoms with Gasteiger partial charge in [-0.2, -0.15) is 0 Å². The van der Waals surface area contributed by atoms with Gasteiger partial charge in [-0.3, -0.25) is 0 Å². The summed E-state index contributed by atoms with van der Waals surface area (Å²) in [6.07, 6.45) is 0.950. The lowest BCUT2D eigenvalue weighted by Crippen LogP contribution is -2.03. The number of rotatable bonds is 3. The molecule has 0 aliphatic heterocycles. The average Bonchev–Trinajstić information content (AvgIpc) is 2.06. The lowest BCUT2D eigenvalue weighted by atomic mass is 10.0. The van der Waals surface area contributed by atoms with Crippen LogP contribution in [-0.4, -0.2) is 11.7 Å². The molecule has 1 rings (SSSR count). The van der Waals surface area contributed by atoms with E-state index in [9.17, 15) is 0 Å². The number of benzene rings is 1. The summed E-state index contributed by atoms with van der Waals surface area (Å²) in [5.74, 6) is 0.359. The molecule has 1 atom stereocenters. The zero-order valence-corrected chi connectivity index (χ0v) is 6.75. The van der Waals surface area contributed by atoms with Crippen molar-refractivity contribution in [2.75, 3.05) is 6.61 Å². The third-order valence-electron chi connectivity index (χ3n) is 1.68. The summed E-state index contributed by atoms with van der Waals surface area (Å²) >= 11 is 0. The lowest BCUT2D eigenvalue weighted by molar-refractivity contribution is 0.237. The van der Waals surface area contributed by atoms with E-state index in [0.29, 0.717) is 5.92 Å². The summed E-state index contributed by atoms with van der Waals surface area (Å²) in [4.78, 5) is 0. The predicted molar refractivity (Wildman–Crippen MR) is 45.2 cm³/mol. The molecule has 59 valence electrons. The fourth-order valence-electron chi connectivity index (χ4n) is 1.02. The van der Waals surface area contributed by atoms with Crippen LogP contribution in [0.3, 0.4) is 0 Å². The fourth-order valence-corrected chi connectivity index (χ4v) is 1.02. The Labute approximate surface area is 67.7 Å². The number of aliphatic hydroxyl groups excluding tert-OH is 1. The van der Waals surface area contributed by atoms with Crippen molar-refractivity contribution in [1.29, 1.82) is 0 Å². The van der Waals surface area contributed by atoms with Crippen molar-refractivity contribution < 1.29 is 5.11 Å². The Bertz CT molecular complexity index is 193. The highest BCUT2D eigenvalue weighted by Gasteiger charge is 1.99. The maximum atomic E-state index is 8.79. The summed E-state index contributed by atoms with van der Waals surface area (Å²) in [6, 6.07) is 10.8. The van der Waals surface area contributed by atoms with Crippen LogP contribution in [0.15, 0.2) is 24.3 Å². The predicted octanol–water partition coefficient (Wildman–Crippen LogP) is 1.66. The standard InChI is InChI=1S/C10H13O/c1-9(8-11)7-10-5-3-2-4-6-10/h3-6,9,11H,7-8H2,1H3. The van der Waals surface area contributed by atoms with Crippen molar-refractivity contribution in [2.45, 2.75) is 13.3 Å². The van der Waals surface area contributed by atoms with Crippen molar-refractivity contribution in [1.82, 2.24) is 0 Å². The second-order valence-corrected chi connectivity index (χ2v) is 2.90. The molecule has 0 bridgehead atoms. The highest BCUT2D eigenvalue weighted by atomic mass is 16.3. The third kappa shape index (κ3) is 2.72. The first-order chi connectivity index (χ1) is 5.33. The van der Waals surface area contributed by atoms with Gasteiger partial charge in [0.25, 0.3) is 0 Å². The van der Waals surface area contributed by atoms with Gasteiger partial charge in [0.2, 0.25) is 0 Å². The largest absolute Gasteiger partial charge is 0.396 e. The van der Waals surface area contributed by atoms with E-state index >= 15 is 0 Å². The maximum absolute atomic E-state index is 8.79. The molecule has 1 radical (unpaired) electrons. The van der Waals surface area contributed by atoms with Crippen LogP contribution >= 0.6 is 0 Å². The summed E-state index contributed by atoms with van der Waals surface area (Å²) < 4.78 is 0. The van der Waals surface area contributed by atoms with Gasteiger partial charge < -0.3 is 5.11 Å². The SMILES string of the molecule is CC(CO)Cc1cc[c]cc1. The Morgan fingerprint density at radius 3 is 2.64 bits per heavy atom. The van der Waals surface area contributed by atoms with Crippen LogP contribution in [0.1, 0.15) is 12.5 Å². The second kappa shape index (κ2) is 4.14. The Morgan fingerprint density at radius 2 is 2.09 bits per heavy atom. The van der Waals surface area contributed by atoms with Crippen LogP contribution in [0.2, 0.25) is 0 Å². The first-order valence-corrected chi connectivity index (χ1v) is 3.88.